The molecule has 1 aliphatic carbocycles. The van der Waals surface area contributed by atoms with Crippen molar-refractivity contribution >= 4 is 63.3 Å². The lowest BCUT2D eigenvalue weighted by Crippen LogP contribution is -2.56. The summed E-state index contributed by atoms with van der Waals surface area (Å²) in [5.74, 6) is 8.99. The summed E-state index contributed by atoms with van der Waals surface area (Å²) in [6.07, 6.45) is 14.3. The molecule has 7 unspecified atom stereocenters. The number of carbonyl (C=O) groups excluding carboxylic acids is 1. The lowest BCUT2D eigenvalue weighted by Gasteiger charge is -2.53. The summed E-state index contributed by atoms with van der Waals surface area (Å²) in [7, 11) is 3.20. The Morgan fingerprint density at radius 2 is 1.84 bits per heavy atom. The van der Waals surface area contributed by atoms with E-state index in [9.17, 15) is 4.79 Å². The van der Waals surface area contributed by atoms with E-state index in [1.807, 2.05) is 25.3 Å². The molecule has 2 aromatic carbocycles. The van der Waals surface area contributed by atoms with Crippen LogP contribution in [0.4, 0.5) is 5.69 Å². The molecule has 1 saturated carbocycles. The summed E-state index contributed by atoms with van der Waals surface area (Å²) >= 11 is 10.7. The van der Waals surface area contributed by atoms with E-state index in [2.05, 4.69) is 95.5 Å². The first-order valence-electron chi connectivity index (χ1n) is 20.5. The molecule has 0 spiro atoms. The zero-order chi connectivity index (χ0) is 39.0. The van der Waals surface area contributed by atoms with E-state index in [1.54, 1.807) is 7.11 Å². The minimum atomic E-state index is -0.525. The maximum Gasteiger partial charge on any atom is 0.260 e. The van der Waals surface area contributed by atoms with Gasteiger partial charge in [-0.3, -0.25) is 4.79 Å². The van der Waals surface area contributed by atoms with Gasteiger partial charge in [-0.25, -0.2) is 0 Å². The number of allylic oxidation sites excluding steroid dienone is 1. The molecule has 7 rings (SSSR count). The SMILES string of the molecule is C=S1NC(=O)c2ccc3c(c2)N(CC(c2ccc(Cl)cc2CCC)CO3)CC2CCC2C(OC)(C2SCCCS2)/C=C/CC(C)C1C.COC1CCNCC1. The molecule has 1 amide bonds. The number of hydrogen-bond acceptors (Lipinski definition) is 8. The van der Waals surface area contributed by atoms with Gasteiger partial charge in [-0.15, -0.1) is 23.5 Å². The number of benzene rings is 2. The van der Waals surface area contributed by atoms with Crippen LogP contribution in [-0.4, -0.2) is 91.8 Å². The van der Waals surface area contributed by atoms with Crippen LogP contribution < -0.4 is 19.7 Å². The van der Waals surface area contributed by atoms with Crippen LogP contribution >= 0.6 is 45.8 Å². The number of rotatable bonds is 6. The van der Waals surface area contributed by atoms with Gasteiger partial charge < -0.3 is 29.1 Å². The van der Waals surface area contributed by atoms with Gasteiger partial charge in [-0.1, -0.05) is 73.6 Å². The van der Waals surface area contributed by atoms with Gasteiger partial charge in [0.15, 0.2) is 0 Å². The highest BCUT2D eigenvalue weighted by molar-refractivity contribution is 8.17. The number of piperidine rings is 1. The van der Waals surface area contributed by atoms with Gasteiger partial charge in [-0.05, 0) is 129 Å². The number of thioether (sulfide) groups is 2. The lowest BCUT2D eigenvalue weighted by atomic mass is 9.64. The molecule has 11 heteroatoms. The molecule has 3 fully saturated rings. The summed E-state index contributed by atoms with van der Waals surface area (Å²) in [4.78, 5) is 16.2. The third-order valence-electron chi connectivity index (χ3n) is 12.5. The molecular formula is C44H64ClN3O4S3. The number of fused-ring (bicyclic) bond motifs is 2. The molecule has 7 nitrogen and oxygen atoms in total. The summed E-state index contributed by atoms with van der Waals surface area (Å²) in [6.45, 7) is 11.3. The van der Waals surface area contributed by atoms with Crippen LogP contribution in [0.3, 0.4) is 0 Å². The van der Waals surface area contributed by atoms with E-state index in [4.69, 9.17) is 25.8 Å². The van der Waals surface area contributed by atoms with Gasteiger partial charge in [0.1, 0.15) is 11.4 Å². The van der Waals surface area contributed by atoms with Gasteiger partial charge in [0.25, 0.3) is 5.91 Å². The number of nitrogens with one attached hydrogen (secondary N) is 2. The quantitative estimate of drug-likeness (QED) is 0.221. The number of nitrogens with zero attached hydrogens (tertiary/aromatic N) is 1. The lowest BCUT2D eigenvalue weighted by molar-refractivity contribution is -0.0637. The molecule has 5 aliphatic rings. The minimum absolute atomic E-state index is 0.0669. The van der Waals surface area contributed by atoms with Gasteiger partial charge in [-0.2, -0.15) is 0 Å². The average Bonchev–Trinajstić information content (AvgIpc) is 3.38. The van der Waals surface area contributed by atoms with Crippen LogP contribution in [0.2, 0.25) is 5.02 Å². The summed E-state index contributed by atoms with van der Waals surface area (Å²) in [5, 5.41) is 4.29. The topological polar surface area (TPSA) is 72.1 Å². The number of methoxy groups -OCH3 is 2. The van der Waals surface area contributed by atoms with Crippen LogP contribution in [-0.2, 0) is 15.9 Å². The Labute approximate surface area is 347 Å². The molecule has 2 N–H and O–H groups in total. The second kappa shape index (κ2) is 20.3. The standard InChI is InChI=1S/C38H51ClN2O3S3.C6H13NO/c1-6-9-27-20-31(39)13-14-32(27)30-23-41-22-29-11-15-33(29)38(43-4,37-45-18-8-19-46-37)17-7-10-25(2)26(3)47(5)40-36(42)28-12-16-35(44-24-30)34(41)21-28;1-8-6-2-4-7-5-3-6/h7,12-14,16-17,20-21,25-26,29-30,33,37H,5-6,8-11,15,18-19,22-24H2,1-4H3,(H,40,42);6-7H,2-5H2,1H3/b17-7+;. The van der Waals surface area contributed by atoms with Gasteiger partial charge in [0.05, 0.1) is 23.0 Å². The highest BCUT2D eigenvalue weighted by Crippen LogP contribution is 2.53. The number of carbonyl (C=O) groups is 1. The first-order chi connectivity index (χ1) is 26.7. The van der Waals surface area contributed by atoms with Crippen molar-refractivity contribution in [3.05, 3.63) is 70.3 Å². The van der Waals surface area contributed by atoms with Crippen LogP contribution in [0.15, 0.2) is 48.6 Å². The van der Waals surface area contributed by atoms with Crippen LogP contribution in [0.5, 0.6) is 5.75 Å². The number of anilines is 1. The molecule has 7 atom stereocenters. The molecule has 2 saturated heterocycles. The maximum absolute atomic E-state index is 13.7. The number of hydrogen-bond donors (Lipinski definition) is 2. The Morgan fingerprint density at radius 1 is 1.05 bits per heavy atom. The molecule has 0 aromatic heterocycles. The predicted octanol–water partition coefficient (Wildman–Crippen LogP) is 9.60. The molecule has 0 radical (unpaired) electrons. The largest absolute Gasteiger partial charge is 0.491 e. The molecule has 4 heterocycles. The first-order valence-corrected chi connectivity index (χ1v) is 24.4. The first kappa shape index (κ1) is 42.9. The second-order valence-corrected chi connectivity index (χ2v) is 20.9. The fourth-order valence-electron chi connectivity index (χ4n) is 8.80. The van der Waals surface area contributed by atoms with Crippen molar-refractivity contribution in [3.63, 3.8) is 0 Å². The zero-order valence-corrected chi connectivity index (χ0v) is 36.9. The van der Waals surface area contributed by atoms with Crippen molar-refractivity contribution in [1.29, 1.82) is 0 Å². The highest BCUT2D eigenvalue weighted by atomic mass is 35.5. The fraction of sp³-hybridized carbons (Fsp3) is 0.636. The van der Waals surface area contributed by atoms with E-state index in [1.165, 1.54) is 48.3 Å². The van der Waals surface area contributed by atoms with Crippen molar-refractivity contribution in [2.24, 2.45) is 17.8 Å². The zero-order valence-electron chi connectivity index (χ0n) is 33.7. The van der Waals surface area contributed by atoms with Crippen LogP contribution in [0.1, 0.15) is 93.1 Å². The Balaban J connectivity index is 0.000000572. The van der Waals surface area contributed by atoms with E-state index < -0.39 is 10.7 Å². The minimum Gasteiger partial charge on any atom is -0.491 e. The normalized spacial score (nSPS) is 31.4. The van der Waals surface area contributed by atoms with E-state index in [0.717, 1.165) is 68.3 Å². The van der Waals surface area contributed by atoms with E-state index in [-0.39, 0.29) is 22.7 Å². The number of halogens is 1. The van der Waals surface area contributed by atoms with Gasteiger partial charge in [0, 0.05) is 49.1 Å². The molecule has 2 aromatic rings. The van der Waals surface area contributed by atoms with E-state index in [0.29, 0.717) is 40.6 Å². The maximum atomic E-state index is 13.7. The third kappa shape index (κ3) is 10.3. The smallest absolute Gasteiger partial charge is 0.260 e. The monoisotopic (exact) mass is 829 g/mol. The number of ether oxygens (including phenoxy) is 3. The summed E-state index contributed by atoms with van der Waals surface area (Å²) < 4.78 is 22.1. The Bertz CT molecular complexity index is 1630. The number of amides is 1. The highest BCUT2D eigenvalue weighted by Gasteiger charge is 2.52. The Hall–Kier alpha value is -1.66. The summed E-state index contributed by atoms with van der Waals surface area (Å²) in [5.41, 5.74) is 3.96. The Kier molecular flexibility index (Phi) is 15.9. The molecule has 304 valence electrons. The average molecular weight is 831 g/mol. The van der Waals surface area contributed by atoms with Crippen molar-refractivity contribution in [2.45, 2.75) is 99.6 Å². The fourth-order valence-corrected chi connectivity index (χ4v) is 13.6. The van der Waals surface area contributed by atoms with Gasteiger partial charge in [0.2, 0.25) is 0 Å². The van der Waals surface area contributed by atoms with Crippen molar-refractivity contribution in [2.75, 3.05) is 63.4 Å². The molecule has 4 aliphatic heterocycles. The summed E-state index contributed by atoms with van der Waals surface area (Å²) in [6, 6.07) is 12.3. The third-order valence-corrected chi connectivity index (χ3v) is 17.7. The molecular weight excluding hydrogens is 766 g/mol. The van der Waals surface area contributed by atoms with Crippen LogP contribution in [0, 0.1) is 17.8 Å². The van der Waals surface area contributed by atoms with Gasteiger partial charge >= 0.3 is 0 Å². The Morgan fingerprint density at radius 3 is 2.51 bits per heavy atom. The van der Waals surface area contributed by atoms with Crippen molar-refractivity contribution in [1.82, 2.24) is 10.0 Å². The molecule has 2 bridgehead atoms. The number of aryl methyl sites for hydroxylation is 1. The van der Waals surface area contributed by atoms with Crippen molar-refractivity contribution in [3.8, 4) is 5.75 Å². The predicted molar refractivity (Wildman–Crippen MR) is 239 cm³/mol. The second-order valence-electron chi connectivity index (χ2n) is 16.0. The van der Waals surface area contributed by atoms with E-state index >= 15 is 0 Å². The van der Waals surface area contributed by atoms with Crippen LogP contribution in [0.25, 0.3) is 0 Å². The van der Waals surface area contributed by atoms with Crippen molar-refractivity contribution < 1.29 is 19.0 Å². The molecule has 55 heavy (non-hydrogen) atoms.